The molecule has 3 rings (SSSR count). The Hall–Kier alpha value is -2.69. The summed E-state index contributed by atoms with van der Waals surface area (Å²) in [4.78, 5) is 12.4. The normalized spacial score (nSPS) is 12.5. The van der Waals surface area contributed by atoms with Gasteiger partial charge < -0.3 is 4.42 Å². The van der Waals surface area contributed by atoms with Gasteiger partial charge in [0.05, 0.1) is 5.69 Å². The smallest absolute Gasteiger partial charge is 0.407 e. The fraction of sp³-hybridized carbons (Fsp3) is 0.211. The standard InChI is InChI=1S/C19H17F2NO2/c1-13(12-16(20)21)22-17(14-8-4-2-5-9-14)18(24-19(22)23)15-10-6-3-7-11-15/h2-11,13,16H,12H2,1H3. The van der Waals surface area contributed by atoms with E-state index >= 15 is 0 Å². The molecular formula is C19H17F2NO2. The maximum absolute atomic E-state index is 12.8. The number of hydrogen-bond donors (Lipinski definition) is 0. The van der Waals surface area contributed by atoms with Crippen molar-refractivity contribution >= 4 is 0 Å². The molecule has 0 aliphatic rings. The van der Waals surface area contributed by atoms with Crippen LogP contribution in [0.15, 0.2) is 69.9 Å². The number of halogens is 2. The third kappa shape index (κ3) is 3.15. The molecule has 0 aliphatic heterocycles. The van der Waals surface area contributed by atoms with E-state index in [0.29, 0.717) is 11.5 Å². The van der Waals surface area contributed by atoms with E-state index in [0.717, 1.165) is 11.1 Å². The molecule has 0 saturated heterocycles. The molecule has 3 nitrogen and oxygen atoms in total. The molecule has 0 spiro atoms. The Morgan fingerprint density at radius 3 is 2.04 bits per heavy atom. The second-order valence-electron chi connectivity index (χ2n) is 5.62. The Bertz CT molecular complexity index is 854. The third-order valence-electron chi connectivity index (χ3n) is 3.89. The highest BCUT2D eigenvalue weighted by atomic mass is 19.3. The maximum atomic E-state index is 12.8. The lowest BCUT2D eigenvalue weighted by atomic mass is 10.0. The largest absolute Gasteiger partial charge is 0.420 e. The summed E-state index contributed by atoms with van der Waals surface area (Å²) in [6.45, 7) is 1.60. The van der Waals surface area contributed by atoms with Gasteiger partial charge in [0, 0.05) is 23.6 Å². The van der Waals surface area contributed by atoms with E-state index in [4.69, 9.17) is 4.42 Å². The molecule has 0 fully saturated rings. The van der Waals surface area contributed by atoms with Crippen LogP contribution >= 0.6 is 0 Å². The van der Waals surface area contributed by atoms with Gasteiger partial charge in [-0.1, -0.05) is 60.7 Å². The van der Waals surface area contributed by atoms with Crippen LogP contribution in [0.1, 0.15) is 19.4 Å². The Balaban J connectivity index is 2.23. The molecule has 124 valence electrons. The Morgan fingerprint density at radius 1 is 0.958 bits per heavy atom. The summed E-state index contributed by atoms with van der Waals surface area (Å²) in [5.74, 6) is -0.228. The van der Waals surface area contributed by atoms with Gasteiger partial charge in [-0.3, -0.25) is 4.57 Å². The van der Waals surface area contributed by atoms with E-state index in [1.165, 1.54) is 4.57 Å². The van der Waals surface area contributed by atoms with Gasteiger partial charge in [-0.05, 0) is 6.92 Å². The Labute approximate surface area is 138 Å². The van der Waals surface area contributed by atoms with Crippen molar-refractivity contribution in [1.29, 1.82) is 0 Å². The third-order valence-corrected chi connectivity index (χ3v) is 3.89. The summed E-state index contributed by atoms with van der Waals surface area (Å²) < 4.78 is 32.4. The summed E-state index contributed by atoms with van der Waals surface area (Å²) >= 11 is 0. The minimum absolute atomic E-state index is 0.396. The van der Waals surface area contributed by atoms with Crippen molar-refractivity contribution in [3.63, 3.8) is 0 Å². The van der Waals surface area contributed by atoms with Crippen LogP contribution in [0.25, 0.3) is 22.6 Å². The predicted molar refractivity (Wildman–Crippen MR) is 89.2 cm³/mol. The van der Waals surface area contributed by atoms with Crippen molar-refractivity contribution in [3.05, 3.63) is 71.2 Å². The zero-order chi connectivity index (χ0) is 17.1. The zero-order valence-electron chi connectivity index (χ0n) is 13.2. The summed E-state index contributed by atoms with van der Waals surface area (Å²) in [5, 5.41) is 0. The highest BCUT2D eigenvalue weighted by Gasteiger charge is 2.24. The SMILES string of the molecule is CC(CC(F)F)n1c(-c2ccccc2)c(-c2ccccc2)oc1=O. The molecule has 0 amide bonds. The molecule has 1 unspecified atom stereocenters. The number of oxazole rings is 1. The molecule has 0 radical (unpaired) electrons. The molecule has 1 atom stereocenters. The first-order valence-corrected chi connectivity index (χ1v) is 7.72. The molecule has 2 aromatic carbocycles. The molecule has 0 saturated carbocycles. The number of benzene rings is 2. The lowest BCUT2D eigenvalue weighted by molar-refractivity contribution is 0.118. The quantitative estimate of drug-likeness (QED) is 0.661. The summed E-state index contributed by atoms with van der Waals surface area (Å²) in [6.07, 6.45) is -2.90. The number of rotatable bonds is 5. The van der Waals surface area contributed by atoms with Gasteiger partial charge in [-0.25, -0.2) is 13.6 Å². The molecule has 0 aliphatic carbocycles. The summed E-state index contributed by atoms with van der Waals surface area (Å²) in [5.41, 5.74) is 2.01. The highest BCUT2D eigenvalue weighted by Crippen LogP contribution is 2.34. The van der Waals surface area contributed by atoms with E-state index in [-0.39, 0.29) is 0 Å². The minimum Gasteiger partial charge on any atom is -0.407 e. The van der Waals surface area contributed by atoms with Crippen LogP contribution in [0.5, 0.6) is 0 Å². The molecule has 5 heteroatoms. The van der Waals surface area contributed by atoms with Crippen LogP contribution in [-0.4, -0.2) is 11.0 Å². The monoisotopic (exact) mass is 329 g/mol. The number of aromatic nitrogens is 1. The van der Waals surface area contributed by atoms with Crippen molar-refractivity contribution in [3.8, 4) is 22.6 Å². The van der Waals surface area contributed by atoms with Crippen molar-refractivity contribution in [2.45, 2.75) is 25.8 Å². The fourth-order valence-electron chi connectivity index (χ4n) is 2.80. The van der Waals surface area contributed by atoms with Gasteiger partial charge in [-0.2, -0.15) is 0 Å². The Morgan fingerprint density at radius 2 is 1.50 bits per heavy atom. The molecule has 0 N–H and O–H groups in total. The van der Waals surface area contributed by atoms with Crippen LogP contribution in [0.2, 0.25) is 0 Å². The van der Waals surface area contributed by atoms with E-state index < -0.39 is 24.6 Å². The summed E-state index contributed by atoms with van der Waals surface area (Å²) in [6, 6.07) is 17.7. The van der Waals surface area contributed by atoms with Crippen LogP contribution in [-0.2, 0) is 0 Å². The van der Waals surface area contributed by atoms with Crippen molar-refractivity contribution in [2.24, 2.45) is 0 Å². The molecule has 1 aromatic heterocycles. The molecule has 0 bridgehead atoms. The van der Waals surface area contributed by atoms with E-state index in [1.54, 1.807) is 6.92 Å². The average molecular weight is 329 g/mol. The van der Waals surface area contributed by atoms with Crippen LogP contribution in [0.4, 0.5) is 8.78 Å². The number of alkyl halides is 2. The molecule has 24 heavy (non-hydrogen) atoms. The Kier molecular flexibility index (Phi) is 4.60. The maximum Gasteiger partial charge on any atom is 0.420 e. The van der Waals surface area contributed by atoms with Gasteiger partial charge in [0.15, 0.2) is 5.76 Å². The van der Waals surface area contributed by atoms with Crippen LogP contribution in [0.3, 0.4) is 0 Å². The van der Waals surface area contributed by atoms with Crippen LogP contribution in [0, 0.1) is 0 Å². The number of hydrogen-bond acceptors (Lipinski definition) is 2. The first kappa shape index (κ1) is 16.2. The van der Waals surface area contributed by atoms with E-state index in [9.17, 15) is 13.6 Å². The lowest BCUT2D eigenvalue weighted by Crippen LogP contribution is -2.21. The molecule has 1 heterocycles. The second kappa shape index (κ2) is 6.83. The highest BCUT2D eigenvalue weighted by molar-refractivity contribution is 5.77. The van der Waals surface area contributed by atoms with Gasteiger partial charge in [0.1, 0.15) is 0 Å². The summed E-state index contributed by atoms with van der Waals surface area (Å²) in [7, 11) is 0. The molecular weight excluding hydrogens is 312 g/mol. The zero-order valence-corrected chi connectivity index (χ0v) is 13.2. The van der Waals surface area contributed by atoms with Gasteiger partial charge >= 0.3 is 5.76 Å². The van der Waals surface area contributed by atoms with E-state index in [1.807, 2.05) is 60.7 Å². The van der Waals surface area contributed by atoms with Crippen molar-refractivity contribution in [1.82, 2.24) is 4.57 Å². The van der Waals surface area contributed by atoms with Gasteiger partial charge in [-0.15, -0.1) is 0 Å². The van der Waals surface area contributed by atoms with Gasteiger partial charge in [0.2, 0.25) is 6.43 Å². The van der Waals surface area contributed by atoms with Crippen LogP contribution < -0.4 is 5.76 Å². The topological polar surface area (TPSA) is 35.1 Å². The predicted octanol–water partition coefficient (Wildman–Crippen LogP) is 4.99. The van der Waals surface area contributed by atoms with Crippen molar-refractivity contribution in [2.75, 3.05) is 0 Å². The van der Waals surface area contributed by atoms with Gasteiger partial charge in [0.25, 0.3) is 0 Å². The first-order chi connectivity index (χ1) is 11.6. The second-order valence-corrected chi connectivity index (χ2v) is 5.62. The van der Waals surface area contributed by atoms with E-state index in [2.05, 4.69) is 0 Å². The average Bonchev–Trinajstić information content (AvgIpc) is 2.93. The van der Waals surface area contributed by atoms with Crippen molar-refractivity contribution < 1.29 is 13.2 Å². The molecule has 3 aromatic rings. The number of nitrogens with zero attached hydrogens (tertiary/aromatic N) is 1. The minimum atomic E-state index is -2.49. The first-order valence-electron chi connectivity index (χ1n) is 7.72. The fourth-order valence-corrected chi connectivity index (χ4v) is 2.80. The lowest BCUT2D eigenvalue weighted by Gasteiger charge is -2.15.